The zero-order chi connectivity index (χ0) is 26.5. The number of benzene rings is 2. The number of fused-ring (bicyclic) bond motifs is 1. The number of hydrogen-bond donors (Lipinski definition) is 0. The number of carbonyl (C=O) groups is 2. The highest BCUT2D eigenvalue weighted by Gasteiger charge is 2.56. The SMILES string of the molecule is Cc1cc(Cl)cc(COC2(C(=O)N3CCN(C4CC4)c4ccccc43)CN(C(=O)OC(C)(C)C)C2)c1Cl. The van der Waals surface area contributed by atoms with Gasteiger partial charge in [0.1, 0.15) is 5.60 Å². The second-order valence-electron chi connectivity index (χ2n) is 11.2. The van der Waals surface area contributed by atoms with E-state index in [9.17, 15) is 9.59 Å². The topological polar surface area (TPSA) is 62.3 Å². The van der Waals surface area contributed by atoms with E-state index < -0.39 is 17.3 Å². The van der Waals surface area contributed by atoms with Crippen molar-refractivity contribution in [2.24, 2.45) is 0 Å². The Balaban J connectivity index is 1.41. The van der Waals surface area contributed by atoms with Gasteiger partial charge in [-0.25, -0.2) is 4.79 Å². The minimum Gasteiger partial charge on any atom is -0.444 e. The van der Waals surface area contributed by atoms with Gasteiger partial charge < -0.3 is 24.2 Å². The molecule has 7 nitrogen and oxygen atoms in total. The Kier molecular flexibility index (Phi) is 6.84. The Morgan fingerprint density at radius 2 is 1.73 bits per heavy atom. The van der Waals surface area contributed by atoms with E-state index in [0.717, 1.165) is 23.5 Å². The lowest BCUT2D eigenvalue weighted by Gasteiger charge is -2.50. The maximum Gasteiger partial charge on any atom is 0.410 e. The molecule has 2 aromatic carbocycles. The highest BCUT2D eigenvalue weighted by Crippen LogP contribution is 2.42. The average molecular weight is 546 g/mol. The van der Waals surface area contributed by atoms with E-state index in [-0.39, 0.29) is 25.6 Å². The number of anilines is 2. The van der Waals surface area contributed by atoms with Gasteiger partial charge in [-0.15, -0.1) is 0 Å². The van der Waals surface area contributed by atoms with Crippen LogP contribution in [0.4, 0.5) is 16.2 Å². The van der Waals surface area contributed by atoms with Crippen molar-refractivity contribution in [3.63, 3.8) is 0 Å². The number of rotatable bonds is 5. The van der Waals surface area contributed by atoms with Gasteiger partial charge in [0.15, 0.2) is 5.60 Å². The molecular formula is C28H33Cl2N3O4. The van der Waals surface area contributed by atoms with Crippen molar-refractivity contribution in [1.29, 1.82) is 0 Å². The van der Waals surface area contributed by atoms with Crippen molar-refractivity contribution >= 4 is 46.6 Å². The summed E-state index contributed by atoms with van der Waals surface area (Å²) >= 11 is 12.8. The minimum absolute atomic E-state index is 0.0951. The summed E-state index contributed by atoms with van der Waals surface area (Å²) in [6, 6.07) is 12.1. The monoisotopic (exact) mass is 545 g/mol. The number of ether oxygens (including phenoxy) is 2. The number of nitrogens with zero attached hydrogens (tertiary/aromatic N) is 3. The Morgan fingerprint density at radius 3 is 2.38 bits per heavy atom. The van der Waals surface area contributed by atoms with Gasteiger partial charge in [-0.2, -0.15) is 0 Å². The van der Waals surface area contributed by atoms with Crippen LogP contribution in [0.3, 0.4) is 0 Å². The van der Waals surface area contributed by atoms with E-state index in [0.29, 0.717) is 28.2 Å². The molecule has 0 radical (unpaired) electrons. The van der Waals surface area contributed by atoms with Crippen molar-refractivity contribution in [3.8, 4) is 0 Å². The highest BCUT2D eigenvalue weighted by atomic mass is 35.5. The van der Waals surface area contributed by atoms with Gasteiger partial charge in [0.25, 0.3) is 5.91 Å². The summed E-state index contributed by atoms with van der Waals surface area (Å²) in [6.45, 7) is 8.95. The van der Waals surface area contributed by atoms with E-state index in [1.807, 2.05) is 50.8 Å². The van der Waals surface area contributed by atoms with Crippen molar-refractivity contribution in [3.05, 3.63) is 57.6 Å². The Hall–Kier alpha value is -2.48. The van der Waals surface area contributed by atoms with E-state index in [1.54, 1.807) is 12.1 Å². The number of hydrogen-bond acceptors (Lipinski definition) is 5. The molecule has 2 fully saturated rings. The summed E-state index contributed by atoms with van der Waals surface area (Å²) in [5.41, 5.74) is 1.63. The second kappa shape index (κ2) is 9.68. The number of carbonyl (C=O) groups excluding carboxylic acids is 2. The molecule has 2 aromatic rings. The Labute approximate surface area is 228 Å². The van der Waals surface area contributed by atoms with Gasteiger partial charge in [-0.1, -0.05) is 35.3 Å². The average Bonchev–Trinajstić information content (AvgIpc) is 3.64. The molecule has 2 aliphatic heterocycles. The summed E-state index contributed by atoms with van der Waals surface area (Å²) in [6.07, 6.45) is 1.90. The number of aryl methyl sites for hydroxylation is 1. The van der Waals surface area contributed by atoms with Crippen LogP contribution in [0.2, 0.25) is 10.0 Å². The van der Waals surface area contributed by atoms with Gasteiger partial charge in [0.2, 0.25) is 0 Å². The van der Waals surface area contributed by atoms with Gasteiger partial charge in [0, 0.05) is 29.2 Å². The largest absolute Gasteiger partial charge is 0.444 e. The lowest BCUT2D eigenvalue weighted by molar-refractivity contribution is -0.172. The van der Waals surface area contributed by atoms with Crippen LogP contribution in [-0.4, -0.2) is 60.3 Å². The fraction of sp³-hybridized carbons (Fsp3) is 0.500. The number of halogens is 2. The van der Waals surface area contributed by atoms with Gasteiger partial charge in [-0.05, 0) is 75.9 Å². The lowest BCUT2D eigenvalue weighted by Crippen LogP contribution is -2.72. The summed E-state index contributed by atoms with van der Waals surface area (Å²) < 4.78 is 11.9. The quantitative estimate of drug-likeness (QED) is 0.473. The fourth-order valence-electron chi connectivity index (χ4n) is 5.04. The van der Waals surface area contributed by atoms with Crippen LogP contribution in [0.5, 0.6) is 0 Å². The van der Waals surface area contributed by atoms with E-state index in [1.165, 1.54) is 17.7 Å². The van der Waals surface area contributed by atoms with Crippen molar-refractivity contribution in [2.75, 3.05) is 36.0 Å². The molecule has 1 saturated carbocycles. The third kappa shape index (κ3) is 5.27. The number of para-hydroxylation sites is 2. The fourth-order valence-corrected chi connectivity index (χ4v) is 5.50. The smallest absolute Gasteiger partial charge is 0.410 e. The highest BCUT2D eigenvalue weighted by molar-refractivity contribution is 6.34. The third-order valence-corrected chi connectivity index (χ3v) is 7.77. The molecule has 0 atom stereocenters. The van der Waals surface area contributed by atoms with Crippen LogP contribution in [0.25, 0.3) is 0 Å². The minimum atomic E-state index is -1.22. The normalized spacial score (nSPS) is 18.8. The Bertz CT molecular complexity index is 1220. The second-order valence-corrected chi connectivity index (χ2v) is 12.0. The summed E-state index contributed by atoms with van der Waals surface area (Å²) in [5.74, 6) is -0.162. The molecule has 0 unspecified atom stereocenters. The molecular weight excluding hydrogens is 513 g/mol. The maximum atomic E-state index is 14.2. The molecule has 0 N–H and O–H groups in total. The molecule has 3 aliphatic rings. The van der Waals surface area contributed by atoms with Crippen LogP contribution in [0, 0.1) is 6.92 Å². The van der Waals surface area contributed by atoms with Crippen molar-refractivity contribution < 1.29 is 19.1 Å². The molecule has 0 aromatic heterocycles. The van der Waals surface area contributed by atoms with E-state index in [4.69, 9.17) is 32.7 Å². The Morgan fingerprint density at radius 1 is 1.05 bits per heavy atom. The van der Waals surface area contributed by atoms with Crippen LogP contribution in [0.15, 0.2) is 36.4 Å². The number of likely N-dealkylation sites (tertiary alicyclic amines) is 1. The molecule has 5 rings (SSSR count). The number of amides is 2. The van der Waals surface area contributed by atoms with Gasteiger partial charge >= 0.3 is 6.09 Å². The van der Waals surface area contributed by atoms with Crippen LogP contribution >= 0.6 is 23.2 Å². The van der Waals surface area contributed by atoms with Gasteiger partial charge in [0.05, 0.1) is 31.1 Å². The molecule has 1 aliphatic carbocycles. The van der Waals surface area contributed by atoms with Gasteiger partial charge in [-0.3, -0.25) is 4.79 Å². The third-order valence-electron chi connectivity index (χ3n) is 7.01. The summed E-state index contributed by atoms with van der Waals surface area (Å²) in [4.78, 5) is 32.7. The molecule has 0 spiro atoms. The van der Waals surface area contributed by atoms with Crippen molar-refractivity contribution in [2.45, 2.75) is 64.4 Å². The molecule has 0 bridgehead atoms. The first-order chi connectivity index (χ1) is 17.5. The summed E-state index contributed by atoms with van der Waals surface area (Å²) in [5, 5.41) is 1.11. The standard InChI is InChI=1S/C28H33Cl2N3O4/c1-18-13-20(29)14-19(24(18)30)15-36-28(16-31(17-28)26(35)37-27(2,3)4)25(34)33-12-11-32(21-9-10-21)22-7-5-6-8-23(22)33/h5-8,13-14,21H,9-12,15-17H2,1-4H3. The molecule has 2 heterocycles. The molecule has 37 heavy (non-hydrogen) atoms. The zero-order valence-electron chi connectivity index (χ0n) is 21.7. The zero-order valence-corrected chi connectivity index (χ0v) is 23.2. The van der Waals surface area contributed by atoms with Crippen LogP contribution in [-0.2, 0) is 20.9 Å². The molecule has 9 heteroatoms. The lowest BCUT2D eigenvalue weighted by atomic mass is 9.91. The summed E-state index contributed by atoms with van der Waals surface area (Å²) in [7, 11) is 0. The molecule has 1 saturated heterocycles. The predicted molar refractivity (Wildman–Crippen MR) is 146 cm³/mol. The first-order valence-electron chi connectivity index (χ1n) is 12.7. The molecule has 2 amide bonds. The van der Waals surface area contributed by atoms with E-state index in [2.05, 4.69) is 11.0 Å². The van der Waals surface area contributed by atoms with Crippen LogP contribution < -0.4 is 9.80 Å². The maximum absolute atomic E-state index is 14.2. The van der Waals surface area contributed by atoms with E-state index >= 15 is 0 Å². The first kappa shape index (κ1) is 26.1. The predicted octanol–water partition coefficient (Wildman–Crippen LogP) is 5.82. The van der Waals surface area contributed by atoms with Crippen molar-refractivity contribution in [1.82, 2.24) is 4.90 Å². The van der Waals surface area contributed by atoms with Crippen LogP contribution in [0.1, 0.15) is 44.7 Å². The molecule has 198 valence electrons. The first-order valence-corrected chi connectivity index (χ1v) is 13.5.